The second kappa shape index (κ2) is 8.77. The van der Waals surface area contributed by atoms with Gasteiger partial charge in [0.15, 0.2) is 11.5 Å². The smallest absolute Gasteiger partial charge is 0.161 e. The molecule has 1 aliphatic rings. The highest BCUT2D eigenvalue weighted by molar-refractivity contribution is 5.43. The summed E-state index contributed by atoms with van der Waals surface area (Å²) in [6.45, 7) is 7.85. The molecule has 26 heavy (non-hydrogen) atoms. The maximum Gasteiger partial charge on any atom is 0.161 e. The topological polar surface area (TPSA) is 39.7 Å². The number of hydrogen-bond acceptors (Lipinski definition) is 4. The fourth-order valence-corrected chi connectivity index (χ4v) is 3.12. The van der Waals surface area contributed by atoms with Crippen LogP contribution in [0.5, 0.6) is 17.2 Å². The van der Waals surface area contributed by atoms with E-state index in [0.29, 0.717) is 6.61 Å². The Labute approximate surface area is 155 Å². The van der Waals surface area contributed by atoms with Crippen LogP contribution in [0.2, 0.25) is 0 Å². The zero-order chi connectivity index (χ0) is 18.4. The number of methoxy groups -OCH3 is 1. The fraction of sp³-hybridized carbons (Fsp3) is 0.364. The predicted molar refractivity (Wildman–Crippen MR) is 104 cm³/mol. The highest BCUT2D eigenvalue weighted by atomic mass is 16.5. The lowest BCUT2D eigenvalue weighted by Gasteiger charge is -2.19. The van der Waals surface area contributed by atoms with Crippen LogP contribution in [0.4, 0.5) is 0 Å². The van der Waals surface area contributed by atoms with Gasteiger partial charge in [0.25, 0.3) is 0 Å². The second-order valence-electron chi connectivity index (χ2n) is 6.69. The molecule has 1 aliphatic heterocycles. The molecule has 1 unspecified atom stereocenters. The first kappa shape index (κ1) is 18.3. The first-order valence-electron chi connectivity index (χ1n) is 9.06. The molecule has 0 fully saturated rings. The second-order valence-corrected chi connectivity index (χ2v) is 6.69. The molecule has 0 aromatic heterocycles. The monoisotopic (exact) mass is 353 g/mol. The van der Waals surface area contributed by atoms with Crippen LogP contribution < -0.4 is 19.5 Å². The molecule has 3 rings (SSSR count). The molecular formula is C22H27NO3. The van der Waals surface area contributed by atoms with Gasteiger partial charge in [-0.1, -0.05) is 30.8 Å². The van der Waals surface area contributed by atoms with Gasteiger partial charge in [-0.25, -0.2) is 0 Å². The summed E-state index contributed by atoms with van der Waals surface area (Å²) < 4.78 is 17.1. The van der Waals surface area contributed by atoms with Crippen LogP contribution in [-0.4, -0.2) is 20.3 Å². The zero-order valence-electron chi connectivity index (χ0n) is 15.6. The van der Waals surface area contributed by atoms with Gasteiger partial charge in [-0.3, -0.25) is 0 Å². The molecule has 1 atom stereocenters. The van der Waals surface area contributed by atoms with E-state index in [2.05, 4.69) is 30.1 Å². The van der Waals surface area contributed by atoms with Crippen molar-refractivity contribution in [2.45, 2.75) is 32.4 Å². The minimum absolute atomic E-state index is 0.288. The molecule has 0 bridgehead atoms. The third kappa shape index (κ3) is 4.58. The molecule has 0 aliphatic carbocycles. The van der Waals surface area contributed by atoms with E-state index in [1.165, 1.54) is 5.56 Å². The molecule has 138 valence electrons. The number of ether oxygens (including phenoxy) is 3. The van der Waals surface area contributed by atoms with Crippen molar-refractivity contribution >= 4 is 0 Å². The van der Waals surface area contributed by atoms with Crippen molar-refractivity contribution in [3.05, 3.63) is 65.7 Å². The third-order valence-corrected chi connectivity index (χ3v) is 4.44. The van der Waals surface area contributed by atoms with Crippen LogP contribution in [0.1, 0.15) is 36.9 Å². The molecule has 1 N–H and O–H groups in total. The minimum atomic E-state index is 0.288. The SMILES string of the molecule is C=C(C)COc1cc(CNC2CCCOc3ccccc32)ccc1OC. The summed E-state index contributed by atoms with van der Waals surface area (Å²) in [6.07, 6.45) is 2.11. The number of hydrogen-bond donors (Lipinski definition) is 1. The Morgan fingerprint density at radius 1 is 1.23 bits per heavy atom. The van der Waals surface area contributed by atoms with Crippen LogP contribution >= 0.6 is 0 Å². The maximum atomic E-state index is 5.85. The number of fused-ring (bicyclic) bond motifs is 1. The van der Waals surface area contributed by atoms with Crippen molar-refractivity contribution in [1.82, 2.24) is 5.32 Å². The van der Waals surface area contributed by atoms with E-state index in [4.69, 9.17) is 14.2 Å². The van der Waals surface area contributed by atoms with Gasteiger partial charge in [0, 0.05) is 18.2 Å². The Morgan fingerprint density at radius 3 is 2.88 bits per heavy atom. The highest BCUT2D eigenvalue weighted by Crippen LogP contribution is 2.32. The largest absolute Gasteiger partial charge is 0.493 e. The number of para-hydroxylation sites is 1. The van der Waals surface area contributed by atoms with Gasteiger partial charge in [-0.05, 0) is 49.1 Å². The Kier molecular flexibility index (Phi) is 6.18. The van der Waals surface area contributed by atoms with Gasteiger partial charge in [0.1, 0.15) is 12.4 Å². The lowest BCUT2D eigenvalue weighted by atomic mass is 10.0. The zero-order valence-corrected chi connectivity index (χ0v) is 15.6. The average Bonchev–Trinajstić information content (AvgIpc) is 2.87. The summed E-state index contributed by atoms with van der Waals surface area (Å²) in [6, 6.07) is 14.6. The first-order valence-corrected chi connectivity index (χ1v) is 9.06. The van der Waals surface area contributed by atoms with Crippen LogP contribution in [0.15, 0.2) is 54.6 Å². The lowest BCUT2D eigenvalue weighted by Crippen LogP contribution is -2.20. The summed E-state index contributed by atoms with van der Waals surface area (Å²) in [5, 5.41) is 3.67. The minimum Gasteiger partial charge on any atom is -0.493 e. The van der Waals surface area contributed by atoms with E-state index in [0.717, 1.165) is 54.4 Å². The summed E-state index contributed by atoms with van der Waals surface area (Å²) in [5.74, 6) is 2.48. The molecule has 2 aromatic carbocycles. The van der Waals surface area contributed by atoms with E-state index in [1.807, 2.05) is 31.2 Å². The van der Waals surface area contributed by atoms with Crippen molar-refractivity contribution in [3.8, 4) is 17.2 Å². The quantitative estimate of drug-likeness (QED) is 0.735. The van der Waals surface area contributed by atoms with E-state index in [-0.39, 0.29) is 6.04 Å². The van der Waals surface area contributed by atoms with Gasteiger partial charge in [-0.15, -0.1) is 0 Å². The van der Waals surface area contributed by atoms with Crippen molar-refractivity contribution in [3.63, 3.8) is 0 Å². The van der Waals surface area contributed by atoms with Crippen molar-refractivity contribution in [2.75, 3.05) is 20.3 Å². The molecule has 1 heterocycles. The standard InChI is InChI=1S/C22H27NO3/c1-16(2)15-26-22-13-17(10-11-21(22)24-3)14-23-19-8-6-12-25-20-9-5-4-7-18(19)20/h4-5,7,9-11,13,19,23H,1,6,8,12,14-15H2,2-3H3. The number of benzene rings is 2. The fourth-order valence-electron chi connectivity index (χ4n) is 3.12. The van der Waals surface area contributed by atoms with Crippen LogP contribution in [0.25, 0.3) is 0 Å². The maximum absolute atomic E-state index is 5.85. The summed E-state index contributed by atoms with van der Waals surface area (Å²) in [4.78, 5) is 0. The highest BCUT2D eigenvalue weighted by Gasteiger charge is 2.19. The van der Waals surface area contributed by atoms with Crippen molar-refractivity contribution < 1.29 is 14.2 Å². The van der Waals surface area contributed by atoms with Crippen LogP contribution in [0, 0.1) is 0 Å². The molecule has 4 nitrogen and oxygen atoms in total. The van der Waals surface area contributed by atoms with Crippen LogP contribution in [-0.2, 0) is 6.54 Å². The molecule has 4 heteroatoms. The Bertz CT molecular complexity index is 757. The summed E-state index contributed by atoms with van der Waals surface area (Å²) >= 11 is 0. The van der Waals surface area contributed by atoms with Crippen molar-refractivity contribution in [2.24, 2.45) is 0 Å². The third-order valence-electron chi connectivity index (χ3n) is 4.44. The summed E-state index contributed by atoms with van der Waals surface area (Å²) in [7, 11) is 1.66. The molecule has 0 amide bonds. The predicted octanol–water partition coefficient (Wildman–Crippen LogP) is 4.65. The Balaban J connectivity index is 1.71. The van der Waals surface area contributed by atoms with Crippen molar-refractivity contribution in [1.29, 1.82) is 0 Å². The molecule has 0 spiro atoms. The number of nitrogens with one attached hydrogen (secondary N) is 1. The molecule has 0 saturated carbocycles. The van der Waals surface area contributed by atoms with Gasteiger partial charge in [0.05, 0.1) is 13.7 Å². The lowest BCUT2D eigenvalue weighted by molar-refractivity contribution is 0.315. The van der Waals surface area contributed by atoms with E-state index in [9.17, 15) is 0 Å². The van der Waals surface area contributed by atoms with Gasteiger partial charge >= 0.3 is 0 Å². The van der Waals surface area contributed by atoms with E-state index < -0.39 is 0 Å². The Morgan fingerprint density at radius 2 is 2.08 bits per heavy atom. The molecule has 0 saturated heterocycles. The average molecular weight is 353 g/mol. The summed E-state index contributed by atoms with van der Waals surface area (Å²) in [5.41, 5.74) is 3.37. The first-order chi connectivity index (χ1) is 12.7. The van der Waals surface area contributed by atoms with Gasteiger partial charge < -0.3 is 19.5 Å². The van der Waals surface area contributed by atoms with Gasteiger partial charge in [-0.2, -0.15) is 0 Å². The molecule has 2 aromatic rings. The molecular weight excluding hydrogens is 326 g/mol. The van der Waals surface area contributed by atoms with Crippen LogP contribution in [0.3, 0.4) is 0 Å². The normalized spacial score (nSPS) is 16.2. The molecule has 0 radical (unpaired) electrons. The number of rotatable bonds is 7. The Hall–Kier alpha value is -2.46. The van der Waals surface area contributed by atoms with Gasteiger partial charge in [0.2, 0.25) is 0 Å². The van der Waals surface area contributed by atoms with E-state index in [1.54, 1.807) is 7.11 Å². The van der Waals surface area contributed by atoms with E-state index >= 15 is 0 Å².